The van der Waals surface area contributed by atoms with Crippen LogP contribution in [-0.2, 0) is 9.47 Å². The van der Waals surface area contributed by atoms with E-state index >= 15 is 0 Å². The molecule has 1 fully saturated rings. The Kier molecular flexibility index (Phi) is 7.85. The van der Waals surface area contributed by atoms with E-state index in [1.54, 1.807) is 0 Å². The van der Waals surface area contributed by atoms with Gasteiger partial charge in [-0.2, -0.15) is 0 Å². The van der Waals surface area contributed by atoms with Crippen molar-refractivity contribution in [1.29, 1.82) is 0 Å². The fourth-order valence-electron chi connectivity index (χ4n) is 2.12. The first-order valence-electron chi connectivity index (χ1n) is 6.83. The summed E-state index contributed by atoms with van der Waals surface area (Å²) in [6.07, 6.45) is -5.63. The van der Waals surface area contributed by atoms with Crippen LogP contribution < -0.4 is 5.73 Å². The summed E-state index contributed by atoms with van der Waals surface area (Å²) < 4.78 is 10.3. The summed E-state index contributed by atoms with van der Waals surface area (Å²) in [6, 6.07) is 0. The van der Waals surface area contributed by atoms with Crippen LogP contribution in [0.15, 0.2) is 0 Å². The number of hydrogen-bond acceptors (Lipinski definition) is 8. The molecule has 0 aromatic carbocycles. The normalized spacial score (nSPS) is 36.0. The lowest BCUT2D eigenvalue weighted by atomic mass is 9.95. The second kappa shape index (κ2) is 8.85. The molecular formula is C12H25NO7. The van der Waals surface area contributed by atoms with Crippen LogP contribution in [0.2, 0.25) is 0 Å². The van der Waals surface area contributed by atoms with Gasteiger partial charge < -0.3 is 40.7 Å². The third-order valence-corrected chi connectivity index (χ3v) is 3.33. The second-order valence-corrected chi connectivity index (χ2v) is 4.91. The van der Waals surface area contributed by atoms with Gasteiger partial charge in [0.05, 0.1) is 6.61 Å². The maximum absolute atomic E-state index is 9.90. The van der Waals surface area contributed by atoms with Gasteiger partial charge in [-0.15, -0.1) is 0 Å². The standard InChI is InChI=1S/C12H25NO7/c13-4-2-1-3-5-19-11-9(17)8(16)10(7(15)6-14)20-12(11)18/h7-12,14-18H,1-6,13H2/t7-,8-,9-,10+,11-,12-/m0/s1. The number of hydrogen-bond donors (Lipinski definition) is 6. The molecule has 20 heavy (non-hydrogen) atoms. The second-order valence-electron chi connectivity index (χ2n) is 4.91. The minimum Gasteiger partial charge on any atom is -0.394 e. The average molecular weight is 295 g/mol. The Labute approximate surface area is 117 Å². The molecule has 8 nitrogen and oxygen atoms in total. The van der Waals surface area contributed by atoms with E-state index in [4.69, 9.17) is 20.3 Å². The molecule has 6 atom stereocenters. The summed E-state index contributed by atoms with van der Waals surface area (Å²) in [5.74, 6) is 0. The van der Waals surface area contributed by atoms with Crippen molar-refractivity contribution in [2.24, 2.45) is 5.73 Å². The molecular weight excluding hydrogens is 270 g/mol. The Morgan fingerprint density at radius 3 is 2.40 bits per heavy atom. The lowest BCUT2D eigenvalue weighted by molar-refractivity contribution is -0.307. The summed E-state index contributed by atoms with van der Waals surface area (Å²) in [7, 11) is 0. The molecule has 0 spiro atoms. The Hall–Kier alpha value is -0.320. The highest BCUT2D eigenvalue weighted by Gasteiger charge is 2.46. The highest BCUT2D eigenvalue weighted by Crippen LogP contribution is 2.24. The van der Waals surface area contributed by atoms with Crippen molar-refractivity contribution in [1.82, 2.24) is 0 Å². The fraction of sp³-hybridized carbons (Fsp3) is 1.00. The summed E-state index contributed by atoms with van der Waals surface area (Å²) in [5, 5.41) is 47.7. The van der Waals surface area contributed by atoms with Gasteiger partial charge in [-0.1, -0.05) is 0 Å². The number of nitrogens with two attached hydrogens (primary N) is 1. The summed E-state index contributed by atoms with van der Waals surface area (Å²) >= 11 is 0. The van der Waals surface area contributed by atoms with Gasteiger partial charge in [0, 0.05) is 6.61 Å². The van der Waals surface area contributed by atoms with Crippen molar-refractivity contribution >= 4 is 0 Å². The average Bonchev–Trinajstić information content (AvgIpc) is 2.45. The van der Waals surface area contributed by atoms with Crippen LogP contribution in [0.1, 0.15) is 19.3 Å². The minimum atomic E-state index is -1.48. The van der Waals surface area contributed by atoms with Gasteiger partial charge >= 0.3 is 0 Å². The van der Waals surface area contributed by atoms with Crippen LogP contribution in [0, 0.1) is 0 Å². The molecule has 0 aromatic rings. The first-order valence-corrected chi connectivity index (χ1v) is 6.83. The van der Waals surface area contributed by atoms with E-state index in [0.717, 1.165) is 12.8 Å². The predicted molar refractivity (Wildman–Crippen MR) is 68.6 cm³/mol. The van der Waals surface area contributed by atoms with E-state index in [2.05, 4.69) is 0 Å². The van der Waals surface area contributed by atoms with Crippen molar-refractivity contribution in [2.45, 2.75) is 56.1 Å². The number of unbranched alkanes of at least 4 members (excludes halogenated alkanes) is 2. The van der Waals surface area contributed by atoms with Crippen molar-refractivity contribution in [3.63, 3.8) is 0 Å². The van der Waals surface area contributed by atoms with Gasteiger partial charge in [0.2, 0.25) is 0 Å². The summed E-state index contributed by atoms with van der Waals surface area (Å²) in [4.78, 5) is 0. The number of aliphatic hydroxyl groups is 5. The number of ether oxygens (including phenoxy) is 2. The maximum atomic E-state index is 9.90. The van der Waals surface area contributed by atoms with Crippen LogP contribution in [0.5, 0.6) is 0 Å². The first-order chi connectivity index (χ1) is 9.52. The smallest absolute Gasteiger partial charge is 0.184 e. The van der Waals surface area contributed by atoms with E-state index in [-0.39, 0.29) is 0 Å². The van der Waals surface area contributed by atoms with Crippen LogP contribution in [0.3, 0.4) is 0 Å². The van der Waals surface area contributed by atoms with Gasteiger partial charge in [-0.25, -0.2) is 0 Å². The molecule has 1 saturated heterocycles. The van der Waals surface area contributed by atoms with Gasteiger partial charge in [0.25, 0.3) is 0 Å². The first kappa shape index (κ1) is 17.7. The van der Waals surface area contributed by atoms with E-state index < -0.39 is 43.4 Å². The van der Waals surface area contributed by atoms with Gasteiger partial charge in [0.1, 0.15) is 30.5 Å². The van der Waals surface area contributed by atoms with E-state index in [1.165, 1.54) is 0 Å². The molecule has 1 aliphatic rings. The topological polar surface area (TPSA) is 146 Å². The predicted octanol–water partition coefficient (Wildman–Crippen LogP) is -2.71. The van der Waals surface area contributed by atoms with Crippen molar-refractivity contribution < 1.29 is 35.0 Å². The van der Waals surface area contributed by atoms with E-state index in [0.29, 0.717) is 19.6 Å². The van der Waals surface area contributed by atoms with Gasteiger partial charge in [-0.3, -0.25) is 0 Å². The van der Waals surface area contributed by atoms with Gasteiger partial charge in [0.15, 0.2) is 6.29 Å². The monoisotopic (exact) mass is 295 g/mol. The number of rotatable bonds is 8. The van der Waals surface area contributed by atoms with Crippen LogP contribution >= 0.6 is 0 Å². The molecule has 1 rings (SSSR count). The van der Waals surface area contributed by atoms with Crippen LogP contribution in [0.4, 0.5) is 0 Å². The minimum absolute atomic E-state index is 0.294. The largest absolute Gasteiger partial charge is 0.394 e. The van der Waals surface area contributed by atoms with Gasteiger partial charge in [-0.05, 0) is 25.8 Å². The molecule has 0 amide bonds. The highest BCUT2D eigenvalue weighted by atomic mass is 16.7. The van der Waals surface area contributed by atoms with Crippen LogP contribution in [-0.4, -0.2) is 82.1 Å². The Morgan fingerprint density at radius 1 is 1.10 bits per heavy atom. The Balaban J connectivity index is 2.45. The fourth-order valence-corrected chi connectivity index (χ4v) is 2.12. The lowest BCUT2D eigenvalue weighted by Crippen LogP contribution is -2.61. The zero-order chi connectivity index (χ0) is 15.1. The summed E-state index contributed by atoms with van der Waals surface area (Å²) in [6.45, 7) is 0.241. The molecule has 8 heteroatoms. The molecule has 0 unspecified atom stereocenters. The van der Waals surface area contributed by atoms with Crippen LogP contribution in [0.25, 0.3) is 0 Å². The SMILES string of the molecule is NCCCCCO[C@H]1[C@@H](O)[C@H](O)[C@@H]([C@@H](O)CO)O[C@@H]1O. The summed E-state index contributed by atoms with van der Waals surface area (Å²) in [5.41, 5.74) is 5.35. The molecule has 0 radical (unpaired) electrons. The zero-order valence-corrected chi connectivity index (χ0v) is 11.3. The zero-order valence-electron chi connectivity index (χ0n) is 11.3. The van der Waals surface area contributed by atoms with Crippen molar-refractivity contribution in [3.8, 4) is 0 Å². The van der Waals surface area contributed by atoms with Crippen molar-refractivity contribution in [2.75, 3.05) is 19.8 Å². The molecule has 1 heterocycles. The lowest BCUT2D eigenvalue weighted by Gasteiger charge is -2.41. The third-order valence-electron chi connectivity index (χ3n) is 3.33. The highest BCUT2D eigenvalue weighted by molar-refractivity contribution is 4.92. The quantitative estimate of drug-likeness (QED) is 0.265. The molecule has 120 valence electrons. The molecule has 1 aliphatic heterocycles. The van der Waals surface area contributed by atoms with E-state index in [9.17, 15) is 20.4 Å². The third kappa shape index (κ3) is 4.61. The van der Waals surface area contributed by atoms with E-state index in [1.807, 2.05) is 0 Å². The van der Waals surface area contributed by atoms with Crippen molar-refractivity contribution in [3.05, 3.63) is 0 Å². The number of aliphatic hydroxyl groups excluding tert-OH is 5. The molecule has 0 aliphatic carbocycles. The maximum Gasteiger partial charge on any atom is 0.184 e. The Bertz CT molecular complexity index is 268. The molecule has 0 saturated carbocycles. The molecule has 0 aromatic heterocycles. The molecule has 0 bridgehead atoms. The molecule has 7 N–H and O–H groups in total. The Morgan fingerprint density at radius 2 is 1.80 bits per heavy atom.